The van der Waals surface area contributed by atoms with Gasteiger partial charge in [-0.3, -0.25) is 61.9 Å². The number of nitrogens with zero attached hydrogens (tertiary/aromatic N) is 3. The number of carboxylic acids is 3. The van der Waals surface area contributed by atoms with E-state index in [1.807, 2.05) is 0 Å². The number of aliphatic carboxylic acids is 3. The van der Waals surface area contributed by atoms with Crippen LogP contribution in [-0.4, -0.2) is 183 Å². The summed E-state index contributed by atoms with van der Waals surface area (Å²) in [6.45, 7) is 2.70. The predicted molar refractivity (Wildman–Crippen MR) is 287 cm³/mol. The summed E-state index contributed by atoms with van der Waals surface area (Å²) >= 11 is 0. The average Bonchev–Trinajstić information content (AvgIpc) is 3.85. The second-order valence-corrected chi connectivity index (χ2v) is 19.6. The highest BCUT2D eigenvalue weighted by molar-refractivity contribution is 5.99. The third-order valence-electron chi connectivity index (χ3n) is 12.4. The minimum absolute atomic E-state index is 0.00472. The SMILES string of the molecule is CC(C)[C@H](NC(=O)[C@H](CCC(=O)O)NC(=O)[C@H](CC(=O)O)NC(=O)Cn1cc(CCCF)nn1)C(=O)N[C@@H](CC(=O)O)C(=O)N[C@@H](CCCCN)C(=O)N[C@@H](CCCCN)C(=O)N[C@@H](CCCCN)C(=O)N[C@@H](CCCCN)C(N)=O. The van der Waals surface area contributed by atoms with Crippen molar-refractivity contribution in [3.05, 3.63) is 11.9 Å². The van der Waals surface area contributed by atoms with Gasteiger partial charge in [-0.15, -0.1) is 5.10 Å². The van der Waals surface area contributed by atoms with Crippen molar-refractivity contribution in [2.75, 3.05) is 32.9 Å². The van der Waals surface area contributed by atoms with Crippen LogP contribution in [0.15, 0.2) is 6.20 Å². The molecule has 0 aliphatic rings. The first-order valence-electron chi connectivity index (χ1n) is 27.0. The average molecular weight is 1160 g/mol. The molecule has 1 heterocycles. The molecule has 8 atom stereocenters. The molecule has 0 aliphatic heterocycles. The topological polar surface area (TPSA) is 523 Å². The number of hydrogen-bond acceptors (Lipinski definition) is 18. The Bertz CT molecular complexity index is 2220. The van der Waals surface area contributed by atoms with E-state index in [4.69, 9.17) is 28.7 Å². The van der Waals surface area contributed by atoms with Gasteiger partial charge >= 0.3 is 17.9 Å². The molecule has 0 unspecified atom stereocenters. The van der Waals surface area contributed by atoms with Gasteiger partial charge in [-0.2, -0.15) is 0 Å². The van der Waals surface area contributed by atoms with Crippen LogP contribution in [0.4, 0.5) is 4.39 Å². The van der Waals surface area contributed by atoms with Crippen molar-refractivity contribution in [2.24, 2.45) is 34.6 Å². The summed E-state index contributed by atoms with van der Waals surface area (Å²) in [5.41, 5.74) is 28.6. The number of nitrogens with one attached hydrogen (secondary N) is 8. The van der Waals surface area contributed by atoms with Gasteiger partial charge < -0.3 is 86.5 Å². The molecule has 9 amide bonds. The molecule has 0 saturated carbocycles. The lowest BCUT2D eigenvalue weighted by Crippen LogP contribution is -2.61. The largest absolute Gasteiger partial charge is 0.481 e. The fraction of sp³-hybridized carbons (Fsp3) is 0.714. The minimum Gasteiger partial charge on any atom is -0.481 e. The Balaban J connectivity index is 3.47. The second kappa shape index (κ2) is 39.8. The maximum Gasteiger partial charge on any atom is 0.305 e. The highest BCUT2D eigenvalue weighted by atomic mass is 19.1. The van der Waals surface area contributed by atoms with Gasteiger partial charge in [-0.05, 0) is 128 Å². The molecule has 1 aromatic heterocycles. The summed E-state index contributed by atoms with van der Waals surface area (Å²) in [6.07, 6.45) is 1.57. The van der Waals surface area contributed by atoms with Gasteiger partial charge in [0.2, 0.25) is 53.2 Å². The molecule has 0 saturated heterocycles. The lowest BCUT2D eigenvalue weighted by atomic mass is 10.0. The van der Waals surface area contributed by atoms with Gasteiger partial charge in [0.15, 0.2) is 0 Å². The van der Waals surface area contributed by atoms with E-state index >= 15 is 0 Å². The first-order valence-corrected chi connectivity index (χ1v) is 27.0. The number of amides is 9. The van der Waals surface area contributed by atoms with E-state index in [1.165, 1.54) is 20.0 Å². The van der Waals surface area contributed by atoms with Crippen molar-refractivity contribution in [1.29, 1.82) is 0 Å². The van der Waals surface area contributed by atoms with Gasteiger partial charge in [0.1, 0.15) is 54.9 Å². The zero-order chi connectivity index (χ0) is 61.0. The molecule has 81 heavy (non-hydrogen) atoms. The standard InChI is InChI=1S/C49H85FN16O15/c1-28(2)41(63-46(78)34(17-18-38(68)69)61-47(79)35(24-39(70)71)56-37(67)27-66-26-29(64-65-66)12-11-19-50)49(81)62-36(25-40(72)73)48(80)60-33(16-6-10-23-54)45(77)59-32(15-5-9-22-53)44(76)58-31(14-4-8-21-52)43(75)57-30(42(55)74)13-3-7-20-51/h26,28,30-36,41H,3-25,27,51-54H2,1-2H3,(H2,55,74)(H,56,67)(H,57,75)(H,58,76)(H,59,77)(H,60,80)(H,61,79)(H,62,81)(H,63,78)(H,68,69)(H,70,71)(H,72,73)/t30-,31-,32-,33-,34-,35-,36-,41-/m0/s1. The number of carboxylic acid groups (broad SMARTS) is 3. The number of alkyl halides is 1. The van der Waals surface area contributed by atoms with Gasteiger partial charge in [0.25, 0.3) is 0 Å². The third-order valence-corrected chi connectivity index (χ3v) is 12.4. The fourth-order valence-corrected chi connectivity index (χ4v) is 7.94. The lowest BCUT2D eigenvalue weighted by Gasteiger charge is -2.29. The van der Waals surface area contributed by atoms with Crippen LogP contribution in [0.3, 0.4) is 0 Å². The zero-order valence-electron chi connectivity index (χ0n) is 46.1. The van der Waals surface area contributed by atoms with Crippen LogP contribution in [0, 0.1) is 5.92 Å². The molecule has 1 rings (SSSR count). The smallest absolute Gasteiger partial charge is 0.305 e. The number of carbonyl (C=O) groups excluding carboxylic acids is 9. The maximum absolute atomic E-state index is 14.2. The Morgan fingerprint density at radius 1 is 0.494 bits per heavy atom. The van der Waals surface area contributed by atoms with Crippen molar-refractivity contribution >= 4 is 71.1 Å². The van der Waals surface area contributed by atoms with E-state index in [9.17, 15) is 77.2 Å². The highest BCUT2D eigenvalue weighted by Crippen LogP contribution is 2.12. The number of nitrogens with two attached hydrogens (primary N) is 5. The number of primary amides is 1. The Kier molecular flexibility index (Phi) is 35.2. The summed E-state index contributed by atoms with van der Waals surface area (Å²) in [5, 5.41) is 55.8. The molecule has 31 nitrogen and oxygen atoms in total. The number of carbonyl (C=O) groups is 12. The summed E-state index contributed by atoms with van der Waals surface area (Å²) in [7, 11) is 0. The van der Waals surface area contributed by atoms with E-state index in [1.54, 1.807) is 0 Å². The van der Waals surface area contributed by atoms with Crippen LogP contribution in [0.25, 0.3) is 0 Å². The van der Waals surface area contributed by atoms with Gasteiger partial charge in [0, 0.05) is 12.6 Å². The fourth-order valence-electron chi connectivity index (χ4n) is 7.94. The Morgan fingerprint density at radius 3 is 1.25 bits per heavy atom. The van der Waals surface area contributed by atoms with Crippen LogP contribution in [0.2, 0.25) is 0 Å². The molecule has 1 aromatic rings. The van der Waals surface area contributed by atoms with E-state index in [0.29, 0.717) is 57.2 Å². The third kappa shape index (κ3) is 29.5. The molecule has 0 aliphatic carbocycles. The Hall–Kier alpha value is -7.45. The molecule has 32 heteroatoms. The second-order valence-electron chi connectivity index (χ2n) is 19.6. The van der Waals surface area contributed by atoms with Crippen molar-refractivity contribution in [3.8, 4) is 0 Å². The number of halogens is 1. The van der Waals surface area contributed by atoms with E-state index in [-0.39, 0.29) is 64.6 Å². The van der Waals surface area contributed by atoms with Crippen molar-refractivity contribution in [2.45, 2.75) is 184 Å². The van der Waals surface area contributed by atoms with Crippen LogP contribution in [-0.2, 0) is 70.5 Å². The predicted octanol–water partition coefficient (Wildman–Crippen LogP) is -4.47. The van der Waals surface area contributed by atoms with E-state index < -0.39 is 164 Å². The quantitative estimate of drug-likeness (QED) is 0.0274. The summed E-state index contributed by atoms with van der Waals surface area (Å²) in [6, 6.07) is -12.3. The van der Waals surface area contributed by atoms with Crippen molar-refractivity contribution < 1.29 is 77.2 Å². The molecule has 0 aromatic carbocycles. The number of aryl methyl sites for hydroxylation is 1. The number of unbranched alkanes of at least 4 members (excludes halogenated alkanes) is 4. The molecule has 0 bridgehead atoms. The first-order chi connectivity index (χ1) is 38.4. The Morgan fingerprint density at radius 2 is 0.864 bits per heavy atom. The highest BCUT2D eigenvalue weighted by Gasteiger charge is 2.36. The molecule has 458 valence electrons. The van der Waals surface area contributed by atoms with Gasteiger partial charge in [0.05, 0.1) is 25.2 Å². The van der Waals surface area contributed by atoms with Gasteiger partial charge in [-0.1, -0.05) is 19.1 Å². The molecular weight excluding hydrogens is 1070 g/mol. The van der Waals surface area contributed by atoms with Gasteiger partial charge in [-0.25, -0.2) is 4.68 Å². The van der Waals surface area contributed by atoms with Crippen LogP contribution >= 0.6 is 0 Å². The molecule has 0 spiro atoms. The molecular formula is C49H85FN16O15. The van der Waals surface area contributed by atoms with Crippen LogP contribution < -0.4 is 71.2 Å². The summed E-state index contributed by atoms with van der Waals surface area (Å²) < 4.78 is 13.7. The summed E-state index contributed by atoms with van der Waals surface area (Å²) in [5.74, 6) is -14.4. The number of rotatable bonds is 45. The monoisotopic (exact) mass is 1160 g/mol. The molecule has 0 fully saturated rings. The lowest BCUT2D eigenvalue weighted by molar-refractivity contribution is -0.142. The van der Waals surface area contributed by atoms with Crippen molar-refractivity contribution in [3.63, 3.8) is 0 Å². The summed E-state index contributed by atoms with van der Waals surface area (Å²) in [4.78, 5) is 158. The number of aromatic nitrogens is 3. The minimum atomic E-state index is -1.93. The van der Waals surface area contributed by atoms with Crippen molar-refractivity contribution in [1.82, 2.24) is 57.5 Å². The van der Waals surface area contributed by atoms with E-state index in [0.717, 1.165) is 4.68 Å². The molecule has 0 radical (unpaired) electrons. The first kappa shape index (κ1) is 71.6. The number of hydrogen-bond donors (Lipinski definition) is 16. The molecule has 21 N–H and O–H groups in total. The van der Waals surface area contributed by atoms with E-state index in [2.05, 4.69) is 52.8 Å². The normalized spacial score (nSPS) is 14.1. The Labute approximate surface area is 468 Å². The van der Waals surface area contributed by atoms with Crippen LogP contribution in [0.1, 0.15) is 129 Å². The maximum atomic E-state index is 14.2. The van der Waals surface area contributed by atoms with Crippen LogP contribution in [0.5, 0.6) is 0 Å². The zero-order valence-corrected chi connectivity index (χ0v) is 46.1.